The number of carbonyl (C=O) groups is 2. The van der Waals surface area contributed by atoms with Gasteiger partial charge in [-0.25, -0.2) is 4.39 Å². The summed E-state index contributed by atoms with van der Waals surface area (Å²) >= 11 is 0. The molecule has 0 radical (unpaired) electrons. The van der Waals surface area contributed by atoms with Gasteiger partial charge in [0.2, 0.25) is 5.91 Å². The van der Waals surface area contributed by atoms with Gasteiger partial charge in [-0.15, -0.1) is 0 Å². The fraction of sp³-hybridized carbons (Fsp3) is 0.320. The smallest absolute Gasteiger partial charge is 0.254 e. The quantitative estimate of drug-likeness (QED) is 0.629. The maximum absolute atomic E-state index is 13.8. The average Bonchev–Trinajstić information content (AvgIpc) is 3.41. The second-order valence-corrected chi connectivity index (χ2v) is 8.45. The van der Waals surface area contributed by atoms with Gasteiger partial charge in [-0.2, -0.15) is 0 Å². The number of benzene rings is 2. The van der Waals surface area contributed by atoms with Gasteiger partial charge in [0, 0.05) is 36.2 Å². The molecule has 32 heavy (non-hydrogen) atoms. The van der Waals surface area contributed by atoms with Crippen molar-refractivity contribution in [3.63, 3.8) is 0 Å². The lowest BCUT2D eigenvalue weighted by atomic mass is 9.88. The molecule has 1 aliphatic rings. The van der Waals surface area contributed by atoms with Crippen LogP contribution in [0.5, 0.6) is 0 Å². The maximum atomic E-state index is 13.8. The van der Waals surface area contributed by atoms with Crippen molar-refractivity contribution < 1.29 is 18.5 Å². The van der Waals surface area contributed by atoms with E-state index in [4.69, 9.17) is 4.52 Å². The predicted octanol–water partition coefficient (Wildman–Crippen LogP) is 4.22. The lowest BCUT2D eigenvalue weighted by Crippen LogP contribution is -2.59. The SMILES string of the molecule is CC(C)NC(=O)[C@]1(Cc2cc(-c3ccccc3)no2)CCCN1C(=O)c1cccc(F)c1. The predicted molar refractivity (Wildman–Crippen MR) is 118 cm³/mol. The first-order valence-electron chi connectivity index (χ1n) is 10.8. The van der Waals surface area contributed by atoms with Crippen LogP contribution in [0.25, 0.3) is 11.3 Å². The largest absolute Gasteiger partial charge is 0.361 e. The summed E-state index contributed by atoms with van der Waals surface area (Å²) in [4.78, 5) is 28.3. The summed E-state index contributed by atoms with van der Waals surface area (Å²) in [5, 5.41) is 7.12. The highest BCUT2D eigenvalue weighted by atomic mass is 19.1. The molecule has 1 atom stereocenters. The van der Waals surface area contributed by atoms with E-state index in [2.05, 4.69) is 10.5 Å². The molecule has 0 unspecified atom stereocenters. The number of hydrogen-bond acceptors (Lipinski definition) is 4. The Morgan fingerprint density at radius 2 is 1.94 bits per heavy atom. The van der Waals surface area contributed by atoms with E-state index in [1.54, 1.807) is 11.0 Å². The van der Waals surface area contributed by atoms with E-state index in [-0.39, 0.29) is 29.8 Å². The minimum Gasteiger partial charge on any atom is -0.361 e. The van der Waals surface area contributed by atoms with E-state index in [0.717, 1.165) is 5.56 Å². The molecular weight excluding hydrogens is 409 g/mol. The highest BCUT2D eigenvalue weighted by Gasteiger charge is 2.50. The molecule has 0 bridgehead atoms. The number of hydrogen-bond donors (Lipinski definition) is 1. The maximum Gasteiger partial charge on any atom is 0.254 e. The first kappa shape index (κ1) is 21.7. The van der Waals surface area contributed by atoms with Gasteiger partial charge in [-0.1, -0.05) is 41.6 Å². The van der Waals surface area contributed by atoms with Crippen LogP contribution in [-0.2, 0) is 11.2 Å². The van der Waals surface area contributed by atoms with Gasteiger partial charge >= 0.3 is 0 Å². The van der Waals surface area contributed by atoms with Crippen molar-refractivity contribution in [1.82, 2.24) is 15.4 Å². The molecular formula is C25H26FN3O3. The Labute approximate surface area is 186 Å². The molecule has 1 aliphatic heterocycles. The minimum atomic E-state index is -1.14. The molecule has 4 rings (SSSR count). The second kappa shape index (κ2) is 8.94. The molecule has 1 fully saturated rings. The zero-order valence-electron chi connectivity index (χ0n) is 18.2. The van der Waals surface area contributed by atoms with Crippen LogP contribution in [0.2, 0.25) is 0 Å². The van der Waals surface area contributed by atoms with Gasteiger partial charge < -0.3 is 14.7 Å². The van der Waals surface area contributed by atoms with Crippen LogP contribution in [0.1, 0.15) is 42.8 Å². The summed E-state index contributed by atoms with van der Waals surface area (Å²) in [7, 11) is 0. The third kappa shape index (κ3) is 4.28. The summed E-state index contributed by atoms with van der Waals surface area (Å²) in [5.41, 5.74) is 0.653. The highest BCUT2D eigenvalue weighted by Crippen LogP contribution is 2.35. The molecule has 3 aromatic rings. The first-order chi connectivity index (χ1) is 15.4. The van der Waals surface area contributed by atoms with E-state index in [1.165, 1.54) is 18.2 Å². The Bertz CT molecular complexity index is 1110. The fourth-order valence-corrected chi connectivity index (χ4v) is 4.28. The van der Waals surface area contributed by atoms with E-state index in [1.807, 2.05) is 50.2 Å². The molecule has 1 aromatic heterocycles. The summed E-state index contributed by atoms with van der Waals surface area (Å²) in [5.74, 6) is -0.590. The molecule has 2 heterocycles. The number of likely N-dealkylation sites (tertiary alicyclic amines) is 1. The summed E-state index contributed by atoms with van der Waals surface area (Å²) in [6.45, 7) is 4.16. The number of rotatable bonds is 6. The van der Waals surface area contributed by atoms with Gasteiger partial charge in [0.05, 0.1) is 0 Å². The average molecular weight is 435 g/mol. The zero-order valence-corrected chi connectivity index (χ0v) is 18.2. The standard InChI is InChI=1S/C25H26FN3O3/c1-17(2)27-24(31)25(16-21-15-22(28-32-21)18-8-4-3-5-9-18)12-7-13-29(25)23(30)19-10-6-11-20(26)14-19/h3-6,8-11,14-15,17H,7,12-13,16H2,1-2H3,(H,27,31)/t25-/m1/s1. The summed E-state index contributed by atoms with van der Waals surface area (Å²) < 4.78 is 19.4. The number of halogens is 1. The Morgan fingerprint density at radius 1 is 1.16 bits per heavy atom. The molecule has 0 spiro atoms. The molecule has 1 N–H and O–H groups in total. The van der Waals surface area contributed by atoms with Gasteiger partial charge in [0.1, 0.15) is 22.8 Å². The van der Waals surface area contributed by atoms with Crippen molar-refractivity contribution >= 4 is 11.8 Å². The van der Waals surface area contributed by atoms with Gasteiger partial charge in [-0.05, 0) is 44.9 Å². The number of amides is 2. The molecule has 0 aliphatic carbocycles. The van der Waals surface area contributed by atoms with Crippen LogP contribution in [-0.4, -0.2) is 40.0 Å². The molecule has 7 heteroatoms. The Balaban J connectivity index is 1.69. The lowest BCUT2D eigenvalue weighted by Gasteiger charge is -2.37. The topological polar surface area (TPSA) is 75.4 Å². The van der Waals surface area contributed by atoms with Crippen molar-refractivity contribution in [2.75, 3.05) is 6.54 Å². The molecule has 2 amide bonds. The van der Waals surface area contributed by atoms with Crippen LogP contribution >= 0.6 is 0 Å². The monoisotopic (exact) mass is 435 g/mol. The minimum absolute atomic E-state index is 0.0966. The number of aromatic nitrogens is 1. The van der Waals surface area contributed by atoms with Crippen molar-refractivity contribution in [3.8, 4) is 11.3 Å². The van der Waals surface area contributed by atoms with Crippen LogP contribution in [0.4, 0.5) is 4.39 Å². The molecule has 1 saturated heterocycles. The normalized spacial score (nSPS) is 18.2. The van der Waals surface area contributed by atoms with Crippen molar-refractivity contribution in [1.29, 1.82) is 0 Å². The summed E-state index contributed by atoms with van der Waals surface area (Å²) in [6.07, 6.45) is 1.33. The molecule has 6 nitrogen and oxygen atoms in total. The van der Waals surface area contributed by atoms with Crippen molar-refractivity contribution in [2.45, 2.75) is 44.7 Å². The number of nitrogens with zero attached hydrogens (tertiary/aromatic N) is 2. The van der Waals surface area contributed by atoms with E-state index >= 15 is 0 Å². The van der Waals surface area contributed by atoms with E-state index in [9.17, 15) is 14.0 Å². The fourth-order valence-electron chi connectivity index (χ4n) is 4.28. The molecule has 2 aromatic carbocycles. The zero-order chi connectivity index (χ0) is 22.7. The van der Waals surface area contributed by atoms with Crippen molar-refractivity contribution in [3.05, 3.63) is 77.8 Å². The van der Waals surface area contributed by atoms with Gasteiger partial charge in [0.15, 0.2) is 0 Å². The second-order valence-electron chi connectivity index (χ2n) is 8.45. The number of nitrogens with one attached hydrogen (secondary N) is 1. The summed E-state index contributed by atoms with van der Waals surface area (Å²) in [6, 6.07) is 16.9. The Morgan fingerprint density at radius 3 is 2.66 bits per heavy atom. The third-order valence-corrected chi connectivity index (χ3v) is 5.74. The number of carbonyl (C=O) groups excluding carboxylic acids is 2. The van der Waals surface area contributed by atoms with Crippen LogP contribution in [0.3, 0.4) is 0 Å². The Hall–Kier alpha value is -3.48. The first-order valence-corrected chi connectivity index (χ1v) is 10.8. The van der Waals surface area contributed by atoms with E-state index < -0.39 is 11.4 Å². The highest BCUT2D eigenvalue weighted by molar-refractivity contribution is 6.00. The van der Waals surface area contributed by atoms with Crippen LogP contribution in [0.15, 0.2) is 65.2 Å². The van der Waals surface area contributed by atoms with Crippen molar-refractivity contribution in [2.24, 2.45) is 0 Å². The van der Waals surface area contributed by atoms with Gasteiger partial charge in [-0.3, -0.25) is 9.59 Å². The third-order valence-electron chi connectivity index (χ3n) is 5.74. The van der Waals surface area contributed by atoms with Crippen LogP contribution < -0.4 is 5.32 Å². The lowest BCUT2D eigenvalue weighted by molar-refractivity contribution is -0.131. The van der Waals surface area contributed by atoms with Gasteiger partial charge in [0.25, 0.3) is 5.91 Å². The molecule has 166 valence electrons. The van der Waals surface area contributed by atoms with E-state index in [0.29, 0.717) is 30.8 Å². The Kier molecular flexibility index (Phi) is 6.08. The van der Waals surface area contributed by atoms with Crippen LogP contribution in [0, 0.1) is 5.82 Å². The molecule has 0 saturated carbocycles.